The van der Waals surface area contributed by atoms with E-state index in [1.807, 2.05) is 37.3 Å². The van der Waals surface area contributed by atoms with Gasteiger partial charge in [-0.1, -0.05) is 30.0 Å². The summed E-state index contributed by atoms with van der Waals surface area (Å²) >= 11 is 1.25. The van der Waals surface area contributed by atoms with Crippen molar-refractivity contribution in [2.45, 2.75) is 18.6 Å². The Bertz CT molecular complexity index is 1310. The molecule has 1 amide bonds. The Balaban J connectivity index is 1.58. The van der Waals surface area contributed by atoms with E-state index in [9.17, 15) is 9.59 Å². The summed E-state index contributed by atoms with van der Waals surface area (Å²) in [7, 11) is 0. The summed E-state index contributed by atoms with van der Waals surface area (Å²) < 4.78 is 8.73. The second-order valence-electron chi connectivity index (χ2n) is 6.63. The van der Waals surface area contributed by atoms with Crippen LogP contribution in [0.5, 0.6) is 5.75 Å². The number of aromatic nitrogens is 4. The lowest BCUT2D eigenvalue weighted by atomic mass is 10.2. The Morgan fingerprint density at radius 1 is 1.19 bits per heavy atom. The highest BCUT2D eigenvalue weighted by Gasteiger charge is 2.17. The number of amides is 1. The average molecular weight is 436 g/mol. The molecule has 31 heavy (non-hydrogen) atoms. The number of benzene rings is 2. The number of fused-ring (bicyclic) bond motifs is 3. The third-order valence-corrected chi connectivity index (χ3v) is 5.50. The molecule has 0 aliphatic rings. The van der Waals surface area contributed by atoms with Crippen LogP contribution in [0.15, 0.2) is 71.1 Å². The van der Waals surface area contributed by atoms with Gasteiger partial charge in [-0.15, -0.1) is 16.8 Å². The number of nitrogens with zero attached hydrogens (tertiary/aromatic N) is 4. The number of thioether (sulfide) groups is 1. The number of carbonyl (C=O) groups is 1. The van der Waals surface area contributed by atoms with Gasteiger partial charge in [-0.2, -0.15) is 0 Å². The smallest absolute Gasteiger partial charge is 0.263 e. The molecule has 0 spiro atoms. The molecule has 2 aromatic carbocycles. The van der Waals surface area contributed by atoms with E-state index in [4.69, 9.17) is 4.74 Å². The fraction of sp³-hybridized carbons (Fsp3) is 0.182. The van der Waals surface area contributed by atoms with Crippen molar-refractivity contribution in [3.63, 3.8) is 0 Å². The maximum Gasteiger partial charge on any atom is 0.263 e. The second kappa shape index (κ2) is 9.05. The number of rotatable bonds is 8. The molecular formula is C22H21N5O3S. The van der Waals surface area contributed by atoms with Crippen molar-refractivity contribution in [2.24, 2.45) is 0 Å². The van der Waals surface area contributed by atoms with Crippen molar-refractivity contribution in [3.05, 3.63) is 71.5 Å². The fourth-order valence-corrected chi connectivity index (χ4v) is 3.99. The van der Waals surface area contributed by atoms with Gasteiger partial charge in [0.2, 0.25) is 11.7 Å². The monoisotopic (exact) mass is 435 g/mol. The van der Waals surface area contributed by atoms with Crippen molar-refractivity contribution in [1.82, 2.24) is 19.2 Å². The zero-order valence-corrected chi connectivity index (χ0v) is 17.8. The molecule has 0 fully saturated rings. The Labute approximate surface area is 182 Å². The van der Waals surface area contributed by atoms with E-state index in [1.165, 1.54) is 16.3 Å². The molecule has 0 bridgehead atoms. The highest BCUT2D eigenvalue weighted by atomic mass is 32.2. The number of para-hydroxylation sites is 1. The van der Waals surface area contributed by atoms with Crippen LogP contribution in [0.4, 0.5) is 5.69 Å². The molecular weight excluding hydrogens is 414 g/mol. The summed E-state index contributed by atoms with van der Waals surface area (Å²) in [6.07, 6.45) is 1.64. The molecule has 0 aliphatic carbocycles. The number of carbonyl (C=O) groups excluding carboxylic acids is 1. The van der Waals surface area contributed by atoms with Crippen molar-refractivity contribution in [3.8, 4) is 5.75 Å². The lowest BCUT2D eigenvalue weighted by Crippen LogP contribution is -2.22. The van der Waals surface area contributed by atoms with Crippen molar-refractivity contribution in [2.75, 3.05) is 17.7 Å². The predicted octanol–water partition coefficient (Wildman–Crippen LogP) is 3.36. The molecule has 8 nitrogen and oxygen atoms in total. The molecule has 0 saturated heterocycles. The van der Waals surface area contributed by atoms with Gasteiger partial charge in [-0.3, -0.25) is 18.6 Å². The van der Waals surface area contributed by atoms with Crippen molar-refractivity contribution >= 4 is 40.0 Å². The van der Waals surface area contributed by atoms with Gasteiger partial charge in [0.25, 0.3) is 5.56 Å². The van der Waals surface area contributed by atoms with Gasteiger partial charge in [0.15, 0.2) is 5.16 Å². The molecule has 0 saturated carbocycles. The lowest BCUT2D eigenvalue weighted by molar-refractivity contribution is -0.113. The van der Waals surface area contributed by atoms with Crippen LogP contribution in [0.2, 0.25) is 0 Å². The van der Waals surface area contributed by atoms with Crippen LogP contribution in [0.25, 0.3) is 16.7 Å². The highest BCUT2D eigenvalue weighted by Crippen LogP contribution is 2.22. The number of hydrogen-bond acceptors (Lipinski definition) is 6. The summed E-state index contributed by atoms with van der Waals surface area (Å²) in [6.45, 7) is 6.54. The van der Waals surface area contributed by atoms with E-state index >= 15 is 0 Å². The number of ether oxygens (including phenoxy) is 1. The fourth-order valence-electron chi connectivity index (χ4n) is 3.25. The predicted molar refractivity (Wildman–Crippen MR) is 122 cm³/mol. The number of nitrogens with one attached hydrogen (secondary N) is 1. The Hall–Kier alpha value is -3.59. The summed E-state index contributed by atoms with van der Waals surface area (Å²) in [5.41, 5.74) is 1.23. The SMILES string of the molecule is C=CCn1c(=O)c2ccccc2n2c(SCC(=O)Nc3ccc(OCC)cc3)nnc12. The molecule has 4 aromatic rings. The molecule has 2 aromatic heterocycles. The van der Waals surface area contributed by atoms with Crippen LogP contribution < -0.4 is 15.6 Å². The second-order valence-corrected chi connectivity index (χ2v) is 7.58. The van der Waals surface area contributed by atoms with Gasteiger partial charge in [0.05, 0.1) is 23.3 Å². The van der Waals surface area contributed by atoms with Crippen LogP contribution >= 0.6 is 11.8 Å². The molecule has 0 unspecified atom stereocenters. The van der Waals surface area contributed by atoms with Crippen LogP contribution in [-0.4, -0.2) is 37.4 Å². The van der Waals surface area contributed by atoms with E-state index in [0.717, 1.165) is 5.75 Å². The maximum atomic E-state index is 12.8. The zero-order valence-electron chi connectivity index (χ0n) is 16.9. The van der Waals surface area contributed by atoms with Crippen LogP contribution in [-0.2, 0) is 11.3 Å². The molecule has 2 heterocycles. The third kappa shape index (κ3) is 4.17. The van der Waals surface area contributed by atoms with Crippen LogP contribution in [0, 0.1) is 0 Å². The minimum Gasteiger partial charge on any atom is -0.494 e. The van der Waals surface area contributed by atoms with Crippen LogP contribution in [0.1, 0.15) is 6.92 Å². The number of anilines is 1. The summed E-state index contributed by atoms with van der Waals surface area (Å²) in [6, 6.07) is 14.5. The van der Waals surface area contributed by atoms with Crippen molar-refractivity contribution < 1.29 is 9.53 Å². The Morgan fingerprint density at radius 3 is 2.71 bits per heavy atom. The largest absolute Gasteiger partial charge is 0.494 e. The van der Waals surface area contributed by atoms with Gasteiger partial charge < -0.3 is 10.1 Å². The van der Waals surface area contributed by atoms with E-state index in [-0.39, 0.29) is 17.2 Å². The van der Waals surface area contributed by atoms with Gasteiger partial charge >= 0.3 is 0 Å². The Kier molecular flexibility index (Phi) is 6.03. The normalized spacial score (nSPS) is 11.0. The highest BCUT2D eigenvalue weighted by molar-refractivity contribution is 7.99. The van der Waals surface area contributed by atoms with Gasteiger partial charge in [-0.25, -0.2) is 0 Å². The standard InChI is InChI=1S/C22H21N5O3S/c1-3-13-26-20(29)17-7-5-6-8-18(17)27-21(26)24-25-22(27)31-14-19(28)23-15-9-11-16(12-10-15)30-4-2/h3,5-12H,1,4,13-14H2,2H3,(H,23,28). The average Bonchev–Trinajstić information content (AvgIpc) is 3.21. The first-order valence-electron chi connectivity index (χ1n) is 9.75. The van der Waals surface area contributed by atoms with Gasteiger partial charge in [-0.05, 0) is 43.3 Å². The minimum absolute atomic E-state index is 0.142. The van der Waals surface area contributed by atoms with E-state index in [1.54, 1.807) is 28.7 Å². The molecule has 1 N–H and O–H groups in total. The van der Waals surface area contributed by atoms with Gasteiger partial charge in [0, 0.05) is 12.2 Å². The topological polar surface area (TPSA) is 90.5 Å². The number of hydrogen-bond donors (Lipinski definition) is 1. The Morgan fingerprint density at radius 2 is 1.97 bits per heavy atom. The summed E-state index contributed by atoms with van der Waals surface area (Å²) in [5, 5.41) is 12.4. The maximum absolute atomic E-state index is 12.8. The first-order valence-corrected chi connectivity index (χ1v) is 10.7. The van der Waals surface area contributed by atoms with Crippen molar-refractivity contribution in [1.29, 1.82) is 0 Å². The molecule has 0 radical (unpaired) electrons. The van der Waals surface area contributed by atoms with E-state index < -0.39 is 0 Å². The molecule has 0 aliphatic heterocycles. The van der Waals surface area contributed by atoms with E-state index in [2.05, 4.69) is 22.1 Å². The van der Waals surface area contributed by atoms with E-state index in [0.29, 0.717) is 40.7 Å². The quantitative estimate of drug-likeness (QED) is 0.337. The summed E-state index contributed by atoms with van der Waals surface area (Å²) in [5.74, 6) is 1.14. The number of allylic oxidation sites excluding steroid dienone is 1. The molecule has 0 atom stereocenters. The molecule has 9 heteroatoms. The molecule has 4 rings (SSSR count). The summed E-state index contributed by atoms with van der Waals surface area (Å²) in [4.78, 5) is 25.3. The third-order valence-electron chi connectivity index (χ3n) is 4.57. The lowest BCUT2D eigenvalue weighted by Gasteiger charge is -2.10. The molecule has 158 valence electrons. The first kappa shape index (κ1) is 20.7. The van der Waals surface area contributed by atoms with Gasteiger partial charge in [0.1, 0.15) is 5.75 Å². The zero-order chi connectivity index (χ0) is 21.8. The van der Waals surface area contributed by atoms with Crippen LogP contribution in [0.3, 0.4) is 0 Å². The minimum atomic E-state index is -0.172. The first-order chi connectivity index (χ1) is 15.1.